The second-order valence-electron chi connectivity index (χ2n) is 8.24. The molecule has 1 aliphatic heterocycles. The van der Waals surface area contributed by atoms with Gasteiger partial charge in [0.1, 0.15) is 18.5 Å². The summed E-state index contributed by atoms with van der Waals surface area (Å²) in [5, 5.41) is 11.3. The summed E-state index contributed by atoms with van der Waals surface area (Å²) in [5.74, 6) is 0.668. The predicted octanol–water partition coefficient (Wildman–Crippen LogP) is 4.25. The van der Waals surface area contributed by atoms with E-state index in [4.69, 9.17) is 9.47 Å². The van der Waals surface area contributed by atoms with Crippen molar-refractivity contribution in [3.63, 3.8) is 0 Å². The van der Waals surface area contributed by atoms with Crippen LogP contribution in [0.1, 0.15) is 22.8 Å². The van der Waals surface area contributed by atoms with Crippen molar-refractivity contribution in [3.05, 3.63) is 102 Å². The molecular formula is C27H30N2O4. The number of aliphatic hydroxyl groups excluding tert-OH is 1. The Bertz CT molecular complexity index is 1030. The lowest BCUT2D eigenvalue weighted by Gasteiger charge is -2.42. The number of nitrogens with zero attached hydrogens (tertiary/aromatic N) is 2. The average Bonchev–Trinajstić information content (AvgIpc) is 2.88. The molecule has 172 valence electrons. The lowest BCUT2D eigenvalue weighted by atomic mass is 9.98. The van der Waals surface area contributed by atoms with Crippen LogP contribution in [0.25, 0.3) is 0 Å². The van der Waals surface area contributed by atoms with Crippen LogP contribution < -0.4 is 4.74 Å². The van der Waals surface area contributed by atoms with Crippen molar-refractivity contribution in [3.8, 4) is 5.75 Å². The molecule has 0 radical (unpaired) electrons. The monoisotopic (exact) mass is 446 g/mol. The smallest absolute Gasteiger partial charge is 0.410 e. The summed E-state index contributed by atoms with van der Waals surface area (Å²) in [6.07, 6.45) is -1.28. The Morgan fingerprint density at radius 1 is 0.970 bits per heavy atom. The molecule has 0 saturated carbocycles. The Morgan fingerprint density at radius 2 is 1.67 bits per heavy atom. The first-order valence-electron chi connectivity index (χ1n) is 11.2. The largest absolute Gasteiger partial charge is 0.497 e. The van der Waals surface area contributed by atoms with Crippen LogP contribution in [0.4, 0.5) is 4.79 Å². The first-order valence-corrected chi connectivity index (χ1v) is 11.2. The molecule has 3 aromatic rings. The molecule has 1 saturated heterocycles. The number of piperazine rings is 1. The lowest BCUT2D eigenvalue weighted by molar-refractivity contribution is -0.0130. The van der Waals surface area contributed by atoms with Gasteiger partial charge in [0.25, 0.3) is 0 Å². The summed E-state index contributed by atoms with van der Waals surface area (Å²) in [6.45, 7) is 2.68. The van der Waals surface area contributed by atoms with Crippen LogP contribution >= 0.6 is 0 Å². The zero-order chi connectivity index (χ0) is 23.0. The van der Waals surface area contributed by atoms with Crippen molar-refractivity contribution in [2.75, 3.05) is 26.7 Å². The molecule has 6 nitrogen and oxygen atoms in total. The van der Waals surface area contributed by atoms with Crippen LogP contribution in [0.2, 0.25) is 0 Å². The predicted molar refractivity (Wildman–Crippen MR) is 127 cm³/mol. The number of benzene rings is 3. The number of carbonyl (C=O) groups excluding carboxylic acids is 1. The maximum Gasteiger partial charge on any atom is 0.410 e. The molecule has 1 fully saturated rings. The molecule has 0 aliphatic carbocycles. The Morgan fingerprint density at radius 3 is 2.36 bits per heavy atom. The van der Waals surface area contributed by atoms with Gasteiger partial charge in [-0.1, -0.05) is 72.8 Å². The van der Waals surface area contributed by atoms with Gasteiger partial charge in [-0.15, -0.1) is 0 Å². The molecule has 2 atom stereocenters. The molecule has 1 aliphatic rings. The van der Waals surface area contributed by atoms with Crippen molar-refractivity contribution in [2.45, 2.75) is 25.3 Å². The molecule has 1 N–H and O–H groups in total. The zero-order valence-corrected chi connectivity index (χ0v) is 18.8. The SMILES string of the molecule is COc1cccc(C(O)[C@@H]2CN(Cc3ccccc3)CCN2C(=O)OCc2ccccc2)c1. The standard InChI is InChI=1S/C27H30N2O4/c1-32-24-14-8-13-23(17-24)26(30)25-19-28(18-21-9-4-2-5-10-21)15-16-29(25)27(31)33-20-22-11-6-3-7-12-22/h2-14,17,25-26,30H,15-16,18-20H2,1H3/t25-,26?/m0/s1. The molecule has 3 aromatic carbocycles. The number of rotatable bonds is 7. The minimum absolute atomic E-state index is 0.200. The van der Waals surface area contributed by atoms with E-state index in [1.54, 1.807) is 12.0 Å². The van der Waals surface area contributed by atoms with Crippen molar-refractivity contribution >= 4 is 6.09 Å². The Hall–Kier alpha value is -3.35. The second-order valence-corrected chi connectivity index (χ2v) is 8.24. The van der Waals surface area contributed by atoms with Gasteiger partial charge < -0.3 is 14.6 Å². The zero-order valence-electron chi connectivity index (χ0n) is 18.8. The van der Waals surface area contributed by atoms with Crippen LogP contribution in [-0.4, -0.2) is 53.8 Å². The molecular weight excluding hydrogens is 416 g/mol. The Labute approximate surface area is 195 Å². The van der Waals surface area contributed by atoms with E-state index in [-0.39, 0.29) is 6.61 Å². The molecule has 1 heterocycles. The summed E-state index contributed by atoms with van der Waals surface area (Å²) in [7, 11) is 1.60. The molecule has 0 aromatic heterocycles. The van der Waals surface area contributed by atoms with Crippen LogP contribution in [-0.2, 0) is 17.9 Å². The number of aliphatic hydroxyl groups is 1. The maximum atomic E-state index is 13.1. The fraction of sp³-hybridized carbons (Fsp3) is 0.296. The summed E-state index contributed by atoms with van der Waals surface area (Å²) < 4.78 is 10.9. The van der Waals surface area contributed by atoms with Crippen molar-refractivity contribution in [2.24, 2.45) is 0 Å². The molecule has 6 heteroatoms. The van der Waals surface area contributed by atoms with Gasteiger partial charge in [-0.05, 0) is 28.8 Å². The molecule has 33 heavy (non-hydrogen) atoms. The molecule has 0 bridgehead atoms. The van der Waals surface area contributed by atoms with E-state index in [1.807, 2.05) is 72.8 Å². The number of carbonyl (C=O) groups is 1. The average molecular weight is 447 g/mol. The summed E-state index contributed by atoms with van der Waals surface area (Å²) >= 11 is 0. The van der Waals surface area contributed by atoms with Gasteiger partial charge in [-0.25, -0.2) is 4.79 Å². The van der Waals surface area contributed by atoms with Gasteiger partial charge in [-0.3, -0.25) is 9.80 Å². The summed E-state index contributed by atoms with van der Waals surface area (Å²) in [5.41, 5.74) is 2.84. The third kappa shape index (κ3) is 5.92. The van der Waals surface area contributed by atoms with Crippen molar-refractivity contribution in [1.29, 1.82) is 0 Å². The van der Waals surface area contributed by atoms with E-state index >= 15 is 0 Å². The topological polar surface area (TPSA) is 62.2 Å². The van der Waals surface area contributed by atoms with Gasteiger partial charge in [0, 0.05) is 26.2 Å². The molecule has 0 spiro atoms. The van der Waals surface area contributed by atoms with Crippen molar-refractivity contribution < 1.29 is 19.4 Å². The highest BCUT2D eigenvalue weighted by Crippen LogP contribution is 2.28. The van der Waals surface area contributed by atoms with E-state index in [0.717, 1.165) is 12.1 Å². The third-order valence-corrected chi connectivity index (χ3v) is 5.99. The highest BCUT2D eigenvalue weighted by Gasteiger charge is 2.37. The van der Waals surface area contributed by atoms with Gasteiger partial charge in [0.05, 0.1) is 13.2 Å². The minimum Gasteiger partial charge on any atom is -0.497 e. The van der Waals surface area contributed by atoms with Gasteiger partial charge >= 0.3 is 6.09 Å². The summed E-state index contributed by atoms with van der Waals surface area (Å²) in [4.78, 5) is 17.0. The minimum atomic E-state index is -0.872. The molecule has 1 unspecified atom stereocenters. The number of amides is 1. The van der Waals surface area contributed by atoms with Crippen molar-refractivity contribution in [1.82, 2.24) is 9.80 Å². The van der Waals surface area contributed by atoms with E-state index in [0.29, 0.717) is 30.9 Å². The highest BCUT2D eigenvalue weighted by atomic mass is 16.6. The number of hydrogen-bond donors (Lipinski definition) is 1. The molecule has 1 amide bonds. The number of hydrogen-bond acceptors (Lipinski definition) is 5. The third-order valence-electron chi connectivity index (χ3n) is 5.99. The van der Waals surface area contributed by atoms with Crippen LogP contribution in [0, 0.1) is 0 Å². The van der Waals surface area contributed by atoms with Crippen LogP contribution in [0.3, 0.4) is 0 Å². The number of methoxy groups -OCH3 is 1. The fourth-order valence-electron chi connectivity index (χ4n) is 4.20. The normalized spacial score (nSPS) is 17.4. The van der Waals surface area contributed by atoms with Gasteiger partial charge in [0.2, 0.25) is 0 Å². The summed E-state index contributed by atoms with van der Waals surface area (Å²) in [6, 6.07) is 26.8. The van der Waals surface area contributed by atoms with E-state index in [9.17, 15) is 9.90 Å². The maximum absolute atomic E-state index is 13.1. The second kappa shape index (κ2) is 11.0. The van der Waals surface area contributed by atoms with Crippen LogP contribution in [0.15, 0.2) is 84.9 Å². The highest BCUT2D eigenvalue weighted by molar-refractivity contribution is 5.68. The lowest BCUT2D eigenvalue weighted by Crippen LogP contribution is -2.57. The van der Waals surface area contributed by atoms with Gasteiger partial charge in [-0.2, -0.15) is 0 Å². The first kappa shape index (κ1) is 22.8. The Kier molecular flexibility index (Phi) is 7.60. The Balaban J connectivity index is 1.51. The van der Waals surface area contributed by atoms with E-state index in [1.165, 1.54) is 5.56 Å². The number of ether oxygens (including phenoxy) is 2. The van der Waals surface area contributed by atoms with E-state index in [2.05, 4.69) is 17.0 Å². The first-order chi connectivity index (χ1) is 16.1. The quantitative estimate of drug-likeness (QED) is 0.588. The van der Waals surface area contributed by atoms with Gasteiger partial charge in [0.15, 0.2) is 0 Å². The molecule has 4 rings (SSSR count). The fourth-order valence-corrected chi connectivity index (χ4v) is 4.20. The van der Waals surface area contributed by atoms with E-state index < -0.39 is 18.2 Å². The van der Waals surface area contributed by atoms with Crippen LogP contribution in [0.5, 0.6) is 5.75 Å².